The molecule has 0 aliphatic rings. The second-order valence-corrected chi connectivity index (χ2v) is 4.81. The first-order valence-electron chi connectivity index (χ1n) is 5.81. The molecule has 90 valence electrons. The summed E-state index contributed by atoms with van der Waals surface area (Å²) in [4.78, 5) is 4.14. The van der Waals surface area contributed by atoms with Crippen molar-refractivity contribution in [3.63, 3.8) is 0 Å². The minimum Gasteiger partial charge on any atom is -0.383 e. The van der Waals surface area contributed by atoms with Crippen molar-refractivity contribution < 1.29 is 0 Å². The highest BCUT2D eigenvalue weighted by Crippen LogP contribution is 2.22. The monoisotopic (exact) mass is 239 g/mol. The Bertz CT molecular complexity index is 304. The highest BCUT2D eigenvalue weighted by molar-refractivity contribution is 7.99. The molecule has 1 aromatic rings. The Morgan fingerprint density at radius 1 is 1.50 bits per heavy atom. The number of thioether (sulfide) groups is 1. The molecule has 1 heterocycles. The van der Waals surface area contributed by atoms with E-state index in [0.717, 1.165) is 17.9 Å². The van der Waals surface area contributed by atoms with Crippen LogP contribution in [0, 0.1) is 0 Å². The summed E-state index contributed by atoms with van der Waals surface area (Å²) >= 11 is 1.96. The van der Waals surface area contributed by atoms with E-state index in [1.54, 1.807) is 6.20 Å². The Morgan fingerprint density at radius 3 is 2.94 bits per heavy atom. The summed E-state index contributed by atoms with van der Waals surface area (Å²) < 4.78 is 0. The number of hydrogen-bond acceptors (Lipinski definition) is 4. The second kappa shape index (κ2) is 7.52. The molecule has 0 amide bonds. The van der Waals surface area contributed by atoms with Gasteiger partial charge in [-0.2, -0.15) is 11.8 Å². The van der Waals surface area contributed by atoms with Crippen LogP contribution in [0.2, 0.25) is 0 Å². The molecule has 0 saturated carbocycles. The minimum absolute atomic E-state index is 0.315. The van der Waals surface area contributed by atoms with Crippen LogP contribution in [0.4, 0.5) is 5.82 Å². The van der Waals surface area contributed by atoms with Crippen LogP contribution in [-0.4, -0.2) is 23.0 Å². The lowest BCUT2D eigenvalue weighted by Crippen LogP contribution is -2.24. The van der Waals surface area contributed by atoms with Gasteiger partial charge in [0.25, 0.3) is 0 Å². The highest BCUT2D eigenvalue weighted by Gasteiger charge is 2.13. The Kier molecular flexibility index (Phi) is 6.26. The van der Waals surface area contributed by atoms with Crippen molar-refractivity contribution in [1.29, 1.82) is 0 Å². The van der Waals surface area contributed by atoms with E-state index in [-0.39, 0.29) is 0 Å². The highest BCUT2D eigenvalue weighted by atomic mass is 32.2. The van der Waals surface area contributed by atoms with Gasteiger partial charge in [0.15, 0.2) is 0 Å². The largest absolute Gasteiger partial charge is 0.383 e. The summed E-state index contributed by atoms with van der Waals surface area (Å²) in [7, 11) is 0. The number of nitrogens with zero attached hydrogens (tertiary/aromatic N) is 1. The second-order valence-electron chi connectivity index (χ2n) is 3.66. The molecule has 4 heteroatoms. The van der Waals surface area contributed by atoms with Crippen LogP contribution < -0.4 is 11.1 Å². The fourth-order valence-corrected chi connectivity index (χ4v) is 2.56. The number of nitrogens with one attached hydrogen (secondary N) is 1. The van der Waals surface area contributed by atoms with Gasteiger partial charge in [-0.25, -0.2) is 4.98 Å². The Balaban J connectivity index is 2.65. The topological polar surface area (TPSA) is 50.9 Å². The summed E-state index contributed by atoms with van der Waals surface area (Å²) in [6.07, 6.45) is 2.95. The van der Waals surface area contributed by atoms with Crippen molar-refractivity contribution >= 4 is 17.6 Å². The molecule has 1 rings (SSSR count). The summed E-state index contributed by atoms with van der Waals surface area (Å²) in [6.45, 7) is 5.27. The number of aromatic nitrogens is 1. The molecular weight excluding hydrogens is 218 g/mol. The van der Waals surface area contributed by atoms with Crippen molar-refractivity contribution in [2.45, 2.75) is 26.3 Å². The van der Waals surface area contributed by atoms with Crippen molar-refractivity contribution in [3.8, 4) is 0 Å². The Labute approximate surface area is 102 Å². The zero-order valence-corrected chi connectivity index (χ0v) is 10.9. The van der Waals surface area contributed by atoms with Gasteiger partial charge in [0, 0.05) is 23.6 Å². The molecule has 0 bridgehead atoms. The van der Waals surface area contributed by atoms with Gasteiger partial charge in [0.05, 0.1) is 0 Å². The number of nitrogen functional groups attached to an aromatic ring is 1. The van der Waals surface area contributed by atoms with E-state index < -0.39 is 0 Å². The Morgan fingerprint density at radius 2 is 2.31 bits per heavy atom. The van der Waals surface area contributed by atoms with E-state index in [1.807, 2.05) is 17.8 Å². The molecule has 0 spiro atoms. The number of hydrogen-bond donors (Lipinski definition) is 2. The average Bonchev–Trinajstić information content (AvgIpc) is 2.29. The smallest absolute Gasteiger partial charge is 0.128 e. The maximum Gasteiger partial charge on any atom is 0.128 e. The third-order valence-corrected chi connectivity index (χ3v) is 3.60. The molecule has 0 radical (unpaired) electrons. The van der Waals surface area contributed by atoms with E-state index >= 15 is 0 Å². The van der Waals surface area contributed by atoms with Gasteiger partial charge in [0.2, 0.25) is 0 Å². The zero-order chi connectivity index (χ0) is 11.8. The van der Waals surface area contributed by atoms with Crippen molar-refractivity contribution in [2.75, 3.05) is 23.8 Å². The van der Waals surface area contributed by atoms with E-state index in [9.17, 15) is 0 Å². The summed E-state index contributed by atoms with van der Waals surface area (Å²) in [5, 5.41) is 3.46. The molecule has 16 heavy (non-hydrogen) atoms. The van der Waals surface area contributed by atoms with Gasteiger partial charge in [-0.1, -0.05) is 19.9 Å². The van der Waals surface area contributed by atoms with Crippen LogP contribution in [0.15, 0.2) is 18.3 Å². The quantitative estimate of drug-likeness (QED) is 0.718. The molecule has 3 nitrogen and oxygen atoms in total. The van der Waals surface area contributed by atoms with Crippen LogP contribution in [0.1, 0.15) is 31.9 Å². The van der Waals surface area contributed by atoms with Crippen LogP contribution >= 0.6 is 11.8 Å². The van der Waals surface area contributed by atoms with Crippen LogP contribution in [-0.2, 0) is 0 Å². The maximum absolute atomic E-state index is 5.90. The van der Waals surface area contributed by atoms with Gasteiger partial charge in [-0.05, 0) is 24.8 Å². The summed E-state index contributed by atoms with van der Waals surface area (Å²) in [5.41, 5.74) is 7.01. The van der Waals surface area contributed by atoms with E-state index in [2.05, 4.69) is 30.2 Å². The lowest BCUT2D eigenvalue weighted by Gasteiger charge is -2.18. The first kappa shape index (κ1) is 13.3. The van der Waals surface area contributed by atoms with Crippen molar-refractivity contribution in [1.82, 2.24) is 10.3 Å². The number of rotatable bonds is 7. The first-order valence-corrected chi connectivity index (χ1v) is 6.96. The third kappa shape index (κ3) is 4.02. The van der Waals surface area contributed by atoms with Crippen LogP contribution in [0.25, 0.3) is 0 Å². The normalized spacial score (nSPS) is 12.6. The van der Waals surface area contributed by atoms with Gasteiger partial charge < -0.3 is 11.1 Å². The molecule has 0 aliphatic heterocycles. The average molecular weight is 239 g/mol. The standard InChI is InChI=1S/C12H21N3S/c1-3-8-16-9-11(14-4-2)10-6-5-7-15-12(10)13/h5-7,11,14H,3-4,8-9H2,1-2H3,(H2,13,15). The molecule has 1 aromatic heterocycles. The number of nitrogens with two attached hydrogens (primary N) is 1. The molecule has 0 fully saturated rings. The van der Waals surface area contributed by atoms with Crippen molar-refractivity contribution in [3.05, 3.63) is 23.9 Å². The lowest BCUT2D eigenvalue weighted by molar-refractivity contribution is 0.606. The molecular formula is C12H21N3S. The maximum atomic E-state index is 5.90. The molecule has 0 aliphatic carbocycles. The predicted octanol–water partition coefficient (Wildman–Crippen LogP) is 2.46. The number of anilines is 1. The third-order valence-electron chi connectivity index (χ3n) is 2.33. The number of pyridine rings is 1. The molecule has 0 saturated heterocycles. The van der Waals surface area contributed by atoms with Crippen LogP contribution in [0.3, 0.4) is 0 Å². The SMILES string of the molecule is CCCSCC(NCC)c1cccnc1N. The summed E-state index contributed by atoms with van der Waals surface area (Å²) in [5.74, 6) is 2.89. The Hall–Kier alpha value is -0.740. The van der Waals surface area contributed by atoms with Gasteiger partial charge in [-0.15, -0.1) is 0 Å². The first-order chi connectivity index (χ1) is 7.79. The predicted molar refractivity (Wildman–Crippen MR) is 72.7 cm³/mol. The lowest BCUT2D eigenvalue weighted by atomic mass is 10.1. The van der Waals surface area contributed by atoms with E-state index in [4.69, 9.17) is 5.73 Å². The fraction of sp³-hybridized carbons (Fsp3) is 0.583. The van der Waals surface area contributed by atoms with Gasteiger partial charge >= 0.3 is 0 Å². The van der Waals surface area contributed by atoms with Crippen LogP contribution in [0.5, 0.6) is 0 Å². The molecule has 1 atom stereocenters. The van der Waals surface area contributed by atoms with E-state index in [0.29, 0.717) is 11.9 Å². The molecule has 1 unspecified atom stereocenters. The zero-order valence-electron chi connectivity index (χ0n) is 10.1. The molecule has 0 aromatic carbocycles. The van der Waals surface area contributed by atoms with Crippen molar-refractivity contribution in [2.24, 2.45) is 0 Å². The summed E-state index contributed by atoms with van der Waals surface area (Å²) in [6, 6.07) is 4.32. The van der Waals surface area contributed by atoms with E-state index in [1.165, 1.54) is 12.2 Å². The minimum atomic E-state index is 0.315. The fourth-order valence-electron chi connectivity index (χ4n) is 1.58. The van der Waals surface area contributed by atoms with Gasteiger partial charge in [0.1, 0.15) is 5.82 Å². The molecule has 3 N–H and O–H groups in total. The van der Waals surface area contributed by atoms with Gasteiger partial charge in [-0.3, -0.25) is 0 Å².